The smallest absolute Gasteiger partial charge is 0.289 e. The monoisotopic (exact) mass is 382 g/mol. The molecule has 2 amide bonds. The highest BCUT2D eigenvalue weighted by Gasteiger charge is 2.26. The molecule has 3 aromatic heterocycles. The van der Waals surface area contributed by atoms with Gasteiger partial charge in [0, 0.05) is 44.6 Å². The Morgan fingerprint density at radius 1 is 1.07 bits per heavy atom. The molecule has 1 aliphatic rings. The van der Waals surface area contributed by atoms with E-state index in [0.717, 1.165) is 0 Å². The van der Waals surface area contributed by atoms with Gasteiger partial charge in [-0.25, -0.2) is 9.97 Å². The molecule has 3 aromatic rings. The number of nitrogens with one attached hydrogen (secondary N) is 1. The number of carbonyl (C=O) groups is 2. The van der Waals surface area contributed by atoms with Crippen LogP contribution < -0.4 is 5.32 Å². The topological polar surface area (TPSA) is 118 Å². The van der Waals surface area contributed by atoms with Gasteiger partial charge in [0.15, 0.2) is 11.6 Å². The number of hydrogen-bond acceptors (Lipinski definition) is 8. The summed E-state index contributed by atoms with van der Waals surface area (Å²) in [4.78, 5) is 36.6. The minimum absolute atomic E-state index is 0.168. The highest BCUT2D eigenvalue weighted by Crippen LogP contribution is 2.14. The van der Waals surface area contributed by atoms with Crippen molar-refractivity contribution in [3.05, 3.63) is 53.9 Å². The maximum absolute atomic E-state index is 12.7. The molecule has 1 fully saturated rings. The zero-order valence-corrected chi connectivity index (χ0v) is 15.2. The Labute approximate surface area is 160 Å². The Morgan fingerprint density at radius 3 is 2.32 bits per heavy atom. The number of hydrogen-bond donors (Lipinski definition) is 1. The van der Waals surface area contributed by atoms with Crippen molar-refractivity contribution in [2.75, 3.05) is 31.5 Å². The molecule has 144 valence electrons. The van der Waals surface area contributed by atoms with E-state index in [1.807, 2.05) is 0 Å². The fourth-order valence-corrected chi connectivity index (χ4v) is 2.89. The molecule has 10 heteroatoms. The van der Waals surface area contributed by atoms with Crippen LogP contribution in [0.25, 0.3) is 0 Å². The Hall–Kier alpha value is -3.69. The zero-order valence-electron chi connectivity index (χ0n) is 15.2. The van der Waals surface area contributed by atoms with Crippen LogP contribution in [0.2, 0.25) is 0 Å². The van der Waals surface area contributed by atoms with Crippen molar-refractivity contribution >= 4 is 23.6 Å². The third-order valence-electron chi connectivity index (χ3n) is 4.35. The second-order valence-corrected chi connectivity index (χ2v) is 6.30. The lowest BCUT2D eigenvalue weighted by Crippen LogP contribution is -2.50. The van der Waals surface area contributed by atoms with E-state index in [1.54, 1.807) is 34.9 Å². The number of aromatic nitrogens is 3. The molecule has 0 radical (unpaired) electrons. The van der Waals surface area contributed by atoms with Gasteiger partial charge in [-0.05, 0) is 19.1 Å². The molecule has 4 heterocycles. The van der Waals surface area contributed by atoms with Crippen molar-refractivity contribution in [2.45, 2.75) is 6.92 Å². The van der Waals surface area contributed by atoms with Crippen LogP contribution in [0.3, 0.4) is 0 Å². The highest BCUT2D eigenvalue weighted by atomic mass is 16.5. The lowest BCUT2D eigenvalue weighted by atomic mass is 10.2. The summed E-state index contributed by atoms with van der Waals surface area (Å²) in [5, 5.41) is 6.70. The van der Waals surface area contributed by atoms with Gasteiger partial charge < -0.3 is 24.1 Å². The third kappa shape index (κ3) is 3.70. The molecule has 0 aliphatic carbocycles. The summed E-state index contributed by atoms with van der Waals surface area (Å²) >= 11 is 0. The van der Waals surface area contributed by atoms with Gasteiger partial charge in [0.25, 0.3) is 11.8 Å². The van der Waals surface area contributed by atoms with E-state index in [1.165, 1.54) is 18.7 Å². The maximum atomic E-state index is 12.7. The molecule has 1 N–H and O–H groups in total. The molecule has 0 atom stereocenters. The lowest BCUT2D eigenvalue weighted by molar-refractivity contribution is 0.0517. The third-order valence-corrected chi connectivity index (χ3v) is 4.35. The number of carbonyl (C=O) groups excluding carboxylic acids is 2. The number of furan rings is 1. The van der Waals surface area contributed by atoms with Gasteiger partial charge in [0.05, 0.1) is 11.8 Å². The van der Waals surface area contributed by atoms with Crippen LogP contribution in [0, 0.1) is 6.92 Å². The summed E-state index contributed by atoms with van der Waals surface area (Å²) in [6.45, 7) is 3.53. The molecule has 1 saturated heterocycles. The van der Waals surface area contributed by atoms with Crippen LogP contribution in [0.15, 0.2) is 45.8 Å². The summed E-state index contributed by atoms with van der Waals surface area (Å²) in [7, 11) is 0. The first-order valence-corrected chi connectivity index (χ1v) is 8.74. The molecule has 4 rings (SSSR count). The first kappa shape index (κ1) is 17.7. The predicted molar refractivity (Wildman–Crippen MR) is 97.1 cm³/mol. The van der Waals surface area contributed by atoms with Crippen molar-refractivity contribution in [3.8, 4) is 0 Å². The number of nitrogens with zero attached hydrogens (tertiary/aromatic N) is 5. The number of piperazine rings is 1. The van der Waals surface area contributed by atoms with Gasteiger partial charge in [-0.3, -0.25) is 9.59 Å². The fraction of sp³-hybridized carbons (Fsp3) is 0.278. The van der Waals surface area contributed by atoms with E-state index in [9.17, 15) is 9.59 Å². The number of amides is 2. The summed E-state index contributed by atoms with van der Waals surface area (Å²) in [6.07, 6.45) is 4.39. The Morgan fingerprint density at radius 2 is 1.75 bits per heavy atom. The SMILES string of the molecule is Cc1cc(Nc2ncc(C(=O)N3CCN(C(=O)c4ccco4)CC3)cn2)no1. The van der Waals surface area contributed by atoms with Crippen molar-refractivity contribution in [2.24, 2.45) is 0 Å². The van der Waals surface area contributed by atoms with Gasteiger partial charge in [-0.2, -0.15) is 0 Å². The Kier molecular flexibility index (Phi) is 4.75. The highest BCUT2D eigenvalue weighted by molar-refractivity contribution is 5.94. The lowest BCUT2D eigenvalue weighted by Gasteiger charge is -2.34. The van der Waals surface area contributed by atoms with Gasteiger partial charge in [-0.15, -0.1) is 0 Å². The first-order valence-electron chi connectivity index (χ1n) is 8.74. The number of anilines is 2. The molecular weight excluding hydrogens is 364 g/mol. The average molecular weight is 382 g/mol. The van der Waals surface area contributed by atoms with Gasteiger partial charge in [-0.1, -0.05) is 5.16 Å². The van der Waals surface area contributed by atoms with Crippen LogP contribution in [0.4, 0.5) is 11.8 Å². The molecule has 0 bridgehead atoms. The van der Waals surface area contributed by atoms with E-state index in [2.05, 4.69) is 20.4 Å². The standard InChI is InChI=1S/C18H18N6O4/c1-12-9-15(22-28-12)21-18-19-10-13(11-20-18)16(25)23-4-6-24(7-5-23)17(26)14-3-2-8-27-14/h2-3,8-11H,4-7H2,1H3,(H,19,20,21,22). The van der Waals surface area contributed by atoms with Crippen LogP contribution in [-0.4, -0.2) is 62.9 Å². The van der Waals surface area contributed by atoms with Crippen LogP contribution in [-0.2, 0) is 0 Å². The summed E-state index contributed by atoms with van der Waals surface area (Å²) < 4.78 is 10.1. The van der Waals surface area contributed by atoms with Gasteiger partial charge >= 0.3 is 0 Å². The normalized spacial score (nSPS) is 14.2. The van der Waals surface area contributed by atoms with E-state index in [0.29, 0.717) is 55.0 Å². The Balaban J connectivity index is 1.34. The molecule has 0 spiro atoms. The van der Waals surface area contributed by atoms with Crippen LogP contribution in [0.5, 0.6) is 0 Å². The maximum Gasteiger partial charge on any atom is 0.289 e. The fourth-order valence-electron chi connectivity index (χ4n) is 2.89. The average Bonchev–Trinajstić information content (AvgIpc) is 3.40. The first-order chi connectivity index (χ1) is 13.6. The van der Waals surface area contributed by atoms with Gasteiger partial charge in [0.2, 0.25) is 5.95 Å². The predicted octanol–water partition coefficient (Wildman–Crippen LogP) is 1.71. The molecular formula is C18H18N6O4. The summed E-state index contributed by atoms with van der Waals surface area (Å²) in [6, 6.07) is 5.02. The minimum atomic E-state index is -0.172. The second-order valence-electron chi connectivity index (χ2n) is 6.30. The Bertz CT molecular complexity index is 958. The molecule has 28 heavy (non-hydrogen) atoms. The molecule has 0 unspecified atom stereocenters. The molecule has 0 aromatic carbocycles. The number of rotatable bonds is 4. The van der Waals surface area contributed by atoms with Gasteiger partial charge in [0.1, 0.15) is 5.76 Å². The number of aryl methyl sites for hydroxylation is 1. The van der Waals surface area contributed by atoms with E-state index < -0.39 is 0 Å². The second kappa shape index (κ2) is 7.51. The quantitative estimate of drug-likeness (QED) is 0.725. The minimum Gasteiger partial charge on any atom is -0.459 e. The summed E-state index contributed by atoms with van der Waals surface area (Å²) in [5.41, 5.74) is 0.382. The van der Waals surface area contributed by atoms with Crippen molar-refractivity contribution in [1.82, 2.24) is 24.9 Å². The van der Waals surface area contributed by atoms with Crippen molar-refractivity contribution in [3.63, 3.8) is 0 Å². The van der Waals surface area contributed by atoms with Crippen molar-refractivity contribution in [1.29, 1.82) is 0 Å². The van der Waals surface area contributed by atoms with E-state index in [-0.39, 0.29) is 11.8 Å². The molecule has 10 nitrogen and oxygen atoms in total. The van der Waals surface area contributed by atoms with E-state index in [4.69, 9.17) is 8.94 Å². The zero-order chi connectivity index (χ0) is 19.5. The largest absolute Gasteiger partial charge is 0.459 e. The van der Waals surface area contributed by atoms with Crippen molar-refractivity contribution < 1.29 is 18.5 Å². The molecule has 0 saturated carbocycles. The van der Waals surface area contributed by atoms with E-state index >= 15 is 0 Å². The summed E-state index contributed by atoms with van der Waals surface area (Å²) in [5.74, 6) is 1.44. The molecule has 1 aliphatic heterocycles. The van der Waals surface area contributed by atoms with Crippen LogP contribution in [0.1, 0.15) is 26.7 Å². The van der Waals surface area contributed by atoms with Crippen LogP contribution >= 0.6 is 0 Å².